The second-order valence-corrected chi connectivity index (χ2v) is 9.51. The topological polar surface area (TPSA) is 75.7 Å². The molecule has 2 aromatic rings. The Labute approximate surface area is 166 Å². The molecule has 1 atom stereocenters. The van der Waals surface area contributed by atoms with Crippen molar-refractivity contribution in [2.75, 3.05) is 17.1 Å². The number of nitrogens with one attached hydrogen (secondary N) is 1. The maximum atomic E-state index is 12.8. The molecule has 1 aliphatic heterocycles. The van der Waals surface area contributed by atoms with Crippen molar-refractivity contribution in [3.05, 3.63) is 59.7 Å². The van der Waals surface area contributed by atoms with Crippen LogP contribution in [0.1, 0.15) is 49.2 Å². The Morgan fingerprint density at radius 2 is 1.82 bits per heavy atom. The summed E-state index contributed by atoms with van der Waals surface area (Å²) >= 11 is 0. The average Bonchev–Trinajstić information content (AvgIpc) is 2.60. The monoisotopic (exact) mass is 402 g/mol. The number of fused-ring (bicyclic) bond motifs is 1. The van der Waals surface area contributed by atoms with Gasteiger partial charge in [-0.1, -0.05) is 18.2 Å². The molecule has 0 unspecified atom stereocenters. The molecular weight excluding hydrogens is 376 g/mol. The third kappa shape index (κ3) is 4.30. The first-order chi connectivity index (χ1) is 13.1. The van der Waals surface area contributed by atoms with E-state index in [-0.39, 0.29) is 17.6 Å². The lowest BCUT2D eigenvalue weighted by molar-refractivity contribution is 0.0619. The van der Waals surface area contributed by atoms with Crippen LogP contribution in [0.3, 0.4) is 0 Å². The number of sulfonamides is 1. The van der Waals surface area contributed by atoms with E-state index in [0.29, 0.717) is 24.2 Å². The van der Waals surface area contributed by atoms with Gasteiger partial charge in [-0.05, 0) is 51.1 Å². The Morgan fingerprint density at radius 1 is 1.18 bits per heavy atom. The van der Waals surface area contributed by atoms with Gasteiger partial charge in [0.15, 0.2) is 0 Å². The number of benzene rings is 2. The van der Waals surface area contributed by atoms with Gasteiger partial charge in [-0.2, -0.15) is 0 Å². The standard InChI is InChI=1S/C21H26N2O4S/c1-5-23(28(4,25)26)16-12-10-15(11-13-16)20(24)22-18-14-21(2,3)27-19-9-7-6-8-17(18)19/h6-13,18H,5,14H2,1-4H3,(H,22,24)/t18-/m1/s1. The molecule has 0 saturated carbocycles. The molecule has 150 valence electrons. The van der Waals surface area contributed by atoms with Gasteiger partial charge in [0.1, 0.15) is 11.4 Å². The molecule has 0 radical (unpaired) electrons. The summed E-state index contributed by atoms with van der Waals surface area (Å²) in [5.41, 5.74) is 1.60. The average molecular weight is 403 g/mol. The Kier molecular flexibility index (Phi) is 5.39. The number of carbonyl (C=O) groups excluding carboxylic acids is 1. The summed E-state index contributed by atoms with van der Waals surface area (Å²) in [6.07, 6.45) is 1.83. The number of anilines is 1. The van der Waals surface area contributed by atoms with E-state index in [1.807, 2.05) is 38.1 Å². The smallest absolute Gasteiger partial charge is 0.251 e. The van der Waals surface area contributed by atoms with Crippen molar-refractivity contribution in [3.63, 3.8) is 0 Å². The zero-order chi connectivity index (χ0) is 20.5. The third-order valence-electron chi connectivity index (χ3n) is 4.79. The van der Waals surface area contributed by atoms with Gasteiger partial charge in [0.05, 0.1) is 18.0 Å². The minimum Gasteiger partial charge on any atom is -0.487 e. The number of para-hydroxylation sites is 1. The van der Waals surface area contributed by atoms with Crippen LogP contribution in [0.2, 0.25) is 0 Å². The summed E-state index contributed by atoms with van der Waals surface area (Å²) < 4.78 is 31.0. The predicted molar refractivity (Wildman–Crippen MR) is 110 cm³/mol. The van der Waals surface area contributed by atoms with E-state index in [0.717, 1.165) is 11.3 Å². The number of hydrogen-bond acceptors (Lipinski definition) is 4. The lowest BCUT2D eigenvalue weighted by Crippen LogP contribution is -2.41. The highest BCUT2D eigenvalue weighted by Gasteiger charge is 2.34. The van der Waals surface area contributed by atoms with Gasteiger partial charge in [-0.25, -0.2) is 8.42 Å². The predicted octanol–water partition coefficient (Wildman–Crippen LogP) is 3.50. The maximum Gasteiger partial charge on any atom is 0.251 e. The second kappa shape index (κ2) is 7.47. The summed E-state index contributed by atoms with van der Waals surface area (Å²) in [6.45, 7) is 6.10. The van der Waals surface area contributed by atoms with Gasteiger partial charge in [0, 0.05) is 24.1 Å². The fraction of sp³-hybridized carbons (Fsp3) is 0.381. The first-order valence-corrected chi connectivity index (χ1v) is 11.1. The van der Waals surface area contributed by atoms with Crippen LogP contribution in [0.25, 0.3) is 0 Å². The zero-order valence-electron chi connectivity index (χ0n) is 16.6. The van der Waals surface area contributed by atoms with Crippen LogP contribution in [-0.4, -0.2) is 32.7 Å². The van der Waals surface area contributed by atoms with Gasteiger partial charge in [-0.15, -0.1) is 0 Å². The highest BCUT2D eigenvalue weighted by Crippen LogP contribution is 2.39. The molecule has 7 heteroatoms. The number of rotatable bonds is 5. The van der Waals surface area contributed by atoms with E-state index in [1.165, 1.54) is 10.6 Å². The van der Waals surface area contributed by atoms with Crippen LogP contribution in [0.5, 0.6) is 5.75 Å². The van der Waals surface area contributed by atoms with Crippen LogP contribution in [0.15, 0.2) is 48.5 Å². The largest absolute Gasteiger partial charge is 0.487 e. The fourth-order valence-electron chi connectivity index (χ4n) is 3.56. The van der Waals surface area contributed by atoms with Gasteiger partial charge in [0.2, 0.25) is 10.0 Å². The molecule has 28 heavy (non-hydrogen) atoms. The fourth-order valence-corrected chi connectivity index (χ4v) is 4.53. The number of carbonyl (C=O) groups is 1. The molecule has 0 aromatic heterocycles. The summed E-state index contributed by atoms with van der Waals surface area (Å²) in [6, 6.07) is 14.2. The van der Waals surface area contributed by atoms with Crippen molar-refractivity contribution in [2.24, 2.45) is 0 Å². The Hall–Kier alpha value is -2.54. The molecule has 1 N–H and O–H groups in total. The molecule has 0 saturated heterocycles. The highest BCUT2D eigenvalue weighted by molar-refractivity contribution is 7.92. The molecule has 1 amide bonds. The molecule has 1 aliphatic rings. The van der Waals surface area contributed by atoms with Crippen molar-refractivity contribution in [1.29, 1.82) is 0 Å². The summed E-state index contributed by atoms with van der Waals surface area (Å²) in [5.74, 6) is 0.581. The molecule has 0 fully saturated rings. The quantitative estimate of drug-likeness (QED) is 0.830. The lowest BCUT2D eigenvalue weighted by Gasteiger charge is -2.37. The normalized spacial score (nSPS) is 17.9. The molecule has 1 heterocycles. The molecular formula is C21H26N2O4S. The SMILES string of the molecule is CCN(c1ccc(C(=O)N[C@@H]2CC(C)(C)Oc3ccccc32)cc1)S(C)(=O)=O. The van der Waals surface area contributed by atoms with Crippen molar-refractivity contribution in [2.45, 2.75) is 38.8 Å². The van der Waals surface area contributed by atoms with E-state index < -0.39 is 10.0 Å². The first-order valence-electron chi connectivity index (χ1n) is 9.27. The van der Waals surface area contributed by atoms with Crippen LogP contribution >= 0.6 is 0 Å². The number of amides is 1. The van der Waals surface area contributed by atoms with E-state index in [2.05, 4.69) is 5.32 Å². The lowest BCUT2D eigenvalue weighted by atomic mass is 9.89. The van der Waals surface area contributed by atoms with Crippen molar-refractivity contribution in [3.8, 4) is 5.75 Å². The molecule has 6 nitrogen and oxygen atoms in total. The van der Waals surface area contributed by atoms with E-state index in [9.17, 15) is 13.2 Å². The maximum absolute atomic E-state index is 12.8. The third-order valence-corrected chi connectivity index (χ3v) is 6.06. The first kappa shape index (κ1) is 20.2. The van der Waals surface area contributed by atoms with E-state index >= 15 is 0 Å². The number of hydrogen-bond donors (Lipinski definition) is 1. The van der Waals surface area contributed by atoms with Crippen LogP contribution in [-0.2, 0) is 10.0 Å². The van der Waals surface area contributed by atoms with Crippen LogP contribution < -0.4 is 14.4 Å². The summed E-state index contributed by atoms with van der Waals surface area (Å²) in [5, 5.41) is 3.09. The second-order valence-electron chi connectivity index (χ2n) is 7.60. The molecule has 0 spiro atoms. The highest BCUT2D eigenvalue weighted by atomic mass is 32.2. The van der Waals surface area contributed by atoms with Crippen molar-refractivity contribution < 1.29 is 17.9 Å². The molecule has 0 aliphatic carbocycles. The number of ether oxygens (including phenoxy) is 1. The van der Waals surface area contributed by atoms with E-state index in [1.54, 1.807) is 31.2 Å². The van der Waals surface area contributed by atoms with Gasteiger partial charge in [0.25, 0.3) is 5.91 Å². The molecule has 2 aromatic carbocycles. The zero-order valence-corrected chi connectivity index (χ0v) is 17.4. The van der Waals surface area contributed by atoms with Crippen molar-refractivity contribution >= 4 is 21.6 Å². The van der Waals surface area contributed by atoms with Gasteiger partial charge < -0.3 is 10.1 Å². The molecule has 3 rings (SSSR count). The van der Waals surface area contributed by atoms with Gasteiger partial charge in [-0.3, -0.25) is 9.10 Å². The molecule has 0 bridgehead atoms. The van der Waals surface area contributed by atoms with Crippen molar-refractivity contribution in [1.82, 2.24) is 5.32 Å². The Balaban J connectivity index is 1.80. The Morgan fingerprint density at radius 3 is 2.43 bits per heavy atom. The number of nitrogens with zero attached hydrogens (tertiary/aromatic N) is 1. The van der Waals surface area contributed by atoms with Crippen LogP contribution in [0.4, 0.5) is 5.69 Å². The van der Waals surface area contributed by atoms with Gasteiger partial charge >= 0.3 is 0 Å². The minimum absolute atomic E-state index is 0.157. The van der Waals surface area contributed by atoms with E-state index in [4.69, 9.17) is 4.74 Å². The summed E-state index contributed by atoms with van der Waals surface area (Å²) in [7, 11) is -3.35. The Bertz CT molecular complexity index is 968. The van der Waals surface area contributed by atoms with Crippen LogP contribution in [0, 0.1) is 0 Å². The summed E-state index contributed by atoms with van der Waals surface area (Å²) in [4.78, 5) is 12.8. The minimum atomic E-state index is -3.35.